The van der Waals surface area contributed by atoms with Crippen molar-refractivity contribution in [1.29, 1.82) is 0 Å². The third kappa shape index (κ3) is 4.07. The second kappa shape index (κ2) is 7.73. The average Bonchev–Trinajstić information content (AvgIpc) is 2.85. The van der Waals surface area contributed by atoms with E-state index >= 15 is 0 Å². The summed E-state index contributed by atoms with van der Waals surface area (Å²) in [6, 6.07) is 6.10. The summed E-state index contributed by atoms with van der Waals surface area (Å²) in [5.74, 6) is 0.644. The van der Waals surface area contributed by atoms with Gasteiger partial charge in [0.25, 0.3) is 0 Å². The zero-order valence-corrected chi connectivity index (χ0v) is 13.5. The third-order valence-corrected chi connectivity index (χ3v) is 5.04. The van der Waals surface area contributed by atoms with Gasteiger partial charge in [-0.1, -0.05) is 18.9 Å². The van der Waals surface area contributed by atoms with Crippen LogP contribution in [0.15, 0.2) is 24.4 Å². The van der Waals surface area contributed by atoms with E-state index in [1.54, 1.807) is 0 Å². The summed E-state index contributed by atoms with van der Waals surface area (Å²) in [5.41, 5.74) is 1.14. The fraction of sp³-hybridized carbons (Fsp3) is 0.667. The summed E-state index contributed by atoms with van der Waals surface area (Å²) < 4.78 is 0. The topological polar surface area (TPSA) is 37.6 Å². The lowest BCUT2D eigenvalue weighted by atomic mass is 9.96. The minimum Gasteiger partial charge on any atom is -0.342 e. The van der Waals surface area contributed by atoms with Crippen molar-refractivity contribution in [3.05, 3.63) is 30.1 Å². The van der Waals surface area contributed by atoms with E-state index in [0.717, 1.165) is 44.7 Å². The number of aromatic nitrogens is 1. The number of pyridine rings is 1. The Balaban J connectivity index is 1.56. The van der Waals surface area contributed by atoms with Gasteiger partial charge in [0.1, 0.15) is 6.54 Å². The molecule has 2 aliphatic heterocycles. The number of nitrogens with one attached hydrogen (secondary N) is 1. The van der Waals surface area contributed by atoms with Crippen molar-refractivity contribution in [2.45, 2.75) is 45.1 Å². The number of nitrogens with zero attached hydrogens (tertiary/aromatic N) is 2. The Morgan fingerprint density at radius 3 is 2.73 bits per heavy atom. The Hall–Kier alpha value is -1.42. The Labute approximate surface area is 133 Å². The Kier molecular flexibility index (Phi) is 5.43. The molecule has 0 saturated carbocycles. The molecule has 1 aromatic rings. The lowest BCUT2D eigenvalue weighted by Crippen LogP contribution is -3.12. The SMILES string of the molecule is O=C([C@@H]1CCC[NH+](Cc2ccccn2)C1)N1CCCCCC1. The number of piperidine rings is 1. The highest BCUT2D eigenvalue weighted by molar-refractivity contribution is 5.79. The summed E-state index contributed by atoms with van der Waals surface area (Å²) in [4.78, 5) is 20.9. The molecule has 1 aromatic heterocycles. The van der Waals surface area contributed by atoms with Crippen LogP contribution in [0.2, 0.25) is 0 Å². The maximum atomic E-state index is 12.8. The molecule has 0 spiro atoms. The van der Waals surface area contributed by atoms with Gasteiger partial charge in [0.05, 0.1) is 24.7 Å². The number of quaternary nitrogens is 1. The molecular weight excluding hydrogens is 274 g/mol. The monoisotopic (exact) mass is 302 g/mol. The predicted molar refractivity (Wildman–Crippen MR) is 86.4 cm³/mol. The number of carbonyl (C=O) groups is 1. The van der Waals surface area contributed by atoms with E-state index in [0.29, 0.717) is 5.91 Å². The van der Waals surface area contributed by atoms with Crippen LogP contribution < -0.4 is 4.90 Å². The van der Waals surface area contributed by atoms with Gasteiger partial charge in [-0.3, -0.25) is 9.78 Å². The standard InChI is InChI=1S/C18H27N3O/c22-18(21-12-5-1-2-6-13-21)16-8-7-11-20(14-16)15-17-9-3-4-10-19-17/h3-4,9-10,16H,1-2,5-8,11-15H2/p+1/t16-/m1/s1. The fourth-order valence-electron chi connectivity index (χ4n) is 3.83. The zero-order chi connectivity index (χ0) is 15.2. The van der Waals surface area contributed by atoms with Gasteiger partial charge in [0, 0.05) is 19.3 Å². The van der Waals surface area contributed by atoms with Crippen molar-refractivity contribution in [3.63, 3.8) is 0 Å². The number of carbonyl (C=O) groups excluding carboxylic acids is 1. The van der Waals surface area contributed by atoms with Crippen LogP contribution >= 0.6 is 0 Å². The van der Waals surface area contributed by atoms with Gasteiger partial charge < -0.3 is 9.80 Å². The molecule has 1 amide bonds. The maximum Gasteiger partial charge on any atom is 0.231 e. The van der Waals surface area contributed by atoms with E-state index in [4.69, 9.17) is 0 Å². The van der Waals surface area contributed by atoms with Crippen LogP contribution in [0, 0.1) is 5.92 Å². The molecule has 0 radical (unpaired) electrons. The Morgan fingerprint density at radius 1 is 1.18 bits per heavy atom. The van der Waals surface area contributed by atoms with Gasteiger partial charge >= 0.3 is 0 Å². The summed E-state index contributed by atoms with van der Waals surface area (Å²) >= 11 is 0. The molecular formula is C18H28N3O+. The molecule has 120 valence electrons. The van der Waals surface area contributed by atoms with Crippen molar-refractivity contribution < 1.29 is 9.69 Å². The number of amides is 1. The van der Waals surface area contributed by atoms with Gasteiger partial charge in [-0.05, 0) is 37.8 Å². The van der Waals surface area contributed by atoms with E-state index in [1.807, 2.05) is 18.3 Å². The van der Waals surface area contributed by atoms with Crippen LogP contribution in [0.3, 0.4) is 0 Å². The number of hydrogen-bond donors (Lipinski definition) is 1. The summed E-state index contributed by atoms with van der Waals surface area (Å²) in [6.07, 6.45) is 9.02. The maximum absolute atomic E-state index is 12.8. The molecule has 0 aromatic carbocycles. The van der Waals surface area contributed by atoms with E-state index in [9.17, 15) is 4.79 Å². The van der Waals surface area contributed by atoms with Crippen molar-refractivity contribution in [3.8, 4) is 0 Å². The van der Waals surface area contributed by atoms with E-state index < -0.39 is 0 Å². The quantitative estimate of drug-likeness (QED) is 0.913. The third-order valence-electron chi connectivity index (χ3n) is 5.04. The molecule has 2 aliphatic rings. The zero-order valence-electron chi connectivity index (χ0n) is 13.5. The van der Waals surface area contributed by atoms with Gasteiger partial charge in [-0.15, -0.1) is 0 Å². The Bertz CT molecular complexity index is 468. The summed E-state index contributed by atoms with van der Waals surface area (Å²) in [5, 5.41) is 0. The van der Waals surface area contributed by atoms with Crippen LogP contribution in [0.25, 0.3) is 0 Å². The van der Waals surface area contributed by atoms with Crippen molar-refractivity contribution in [1.82, 2.24) is 9.88 Å². The molecule has 0 bridgehead atoms. The van der Waals surface area contributed by atoms with E-state index in [2.05, 4.69) is 16.0 Å². The highest BCUT2D eigenvalue weighted by Gasteiger charge is 2.32. The van der Waals surface area contributed by atoms with Gasteiger partial charge in [-0.25, -0.2) is 0 Å². The molecule has 2 atom stereocenters. The van der Waals surface area contributed by atoms with Crippen molar-refractivity contribution in [2.75, 3.05) is 26.2 Å². The van der Waals surface area contributed by atoms with Gasteiger partial charge in [-0.2, -0.15) is 0 Å². The van der Waals surface area contributed by atoms with Gasteiger partial charge in [0.15, 0.2) is 0 Å². The summed E-state index contributed by atoms with van der Waals surface area (Å²) in [7, 11) is 0. The van der Waals surface area contributed by atoms with Crippen molar-refractivity contribution in [2.24, 2.45) is 5.92 Å². The first-order valence-electron chi connectivity index (χ1n) is 8.85. The first-order chi connectivity index (χ1) is 10.8. The predicted octanol–water partition coefficient (Wildman–Crippen LogP) is 1.28. The Morgan fingerprint density at radius 2 is 2.00 bits per heavy atom. The van der Waals surface area contributed by atoms with E-state index in [1.165, 1.54) is 37.1 Å². The minimum atomic E-state index is 0.227. The molecule has 4 heteroatoms. The van der Waals surface area contributed by atoms with Gasteiger partial charge in [0.2, 0.25) is 5.91 Å². The molecule has 3 heterocycles. The number of likely N-dealkylation sites (tertiary alicyclic amines) is 2. The average molecular weight is 302 g/mol. The highest BCUT2D eigenvalue weighted by atomic mass is 16.2. The summed E-state index contributed by atoms with van der Waals surface area (Å²) in [6.45, 7) is 5.05. The smallest absolute Gasteiger partial charge is 0.231 e. The van der Waals surface area contributed by atoms with Crippen LogP contribution in [0.5, 0.6) is 0 Å². The van der Waals surface area contributed by atoms with Crippen LogP contribution in [-0.4, -0.2) is 42.0 Å². The molecule has 2 saturated heterocycles. The highest BCUT2D eigenvalue weighted by Crippen LogP contribution is 2.16. The largest absolute Gasteiger partial charge is 0.342 e. The fourth-order valence-corrected chi connectivity index (χ4v) is 3.83. The minimum absolute atomic E-state index is 0.227. The lowest BCUT2D eigenvalue weighted by Gasteiger charge is -2.32. The molecule has 1 N–H and O–H groups in total. The second-order valence-corrected chi connectivity index (χ2v) is 6.78. The molecule has 4 nitrogen and oxygen atoms in total. The van der Waals surface area contributed by atoms with Crippen LogP contribution in [0.1, 0.15) is 44.2 Å². The molecule has 3 rings (SSSR count). The molecule has 22 heavy (non-hydrogen) atoms. The molecule has 0 aliphatic carbocycles. The first-order valence-corrected chi connectivity index (χ1v) is 8.85. The van der Waals surface area contributed by atoms with E-state index in [-0.39, 0.29) is 5.92 Å². The molecule has 2 fully saturated rings. The number of hydrogen-bond acceptors (Lipinski definition) is 2. The second-order valence-electron chi connectivity index (χ2n) is 6.78. The lowest BCUT2D eigenvalue weighted by molar-refractivity contribution is -0.921. The van der Waals surface area contributed by atoms with Crippen LogP contribution in [0.4, 0.5) is 0 Å². The normalized spacial score (nSPS) is 26.5. The number of rotatable bonds is 3. The van der Waals surface area contributed by atoms with Crippen LogP contribution in [-0.2, 0) is 11.3 Å². The molecule has 1 unspecified atom stereocenters. The first kappa shape index (κ1) is 15.5. The van der Waals surface area contributed by atoms with Crippen molar-refractivity contribution >= 4 is 5.91 Å².